The molecule has 0 heterocycles. The molecule has 2 aromatic carbocycles. The van der Waals surface area contributed by atoms with Crippen molar-refractivity contribution in [3.05, 3.63) is 59.2 Å². The van der Waals surface area contributed by atoms with E-state index in [1.807, 2.05) is 0 Å². The molecule has 25 heavy (non-hydrogen) atoms. The summed E-state index contributed by atoms with van der Waals surface area (Å²) in [4.78, 5) is 35.7. The van der Waals surface area contributed by atoms with Crippen LogP contribution in [0.15, 0.2) is 42.5 Å². The minimum Gasteiger partial charge on any atom is -0.508 e. The first-order valence-electron chi connectivity index (χ1n) is 7.36. The number of aromatic hydroxyl groups is 1. The molecule has 0 saturated carbocycles. The van der Waals surface area contributed by atoms with E-state index in [-0.39, 0.29) is 16.9 Å². The molecule has 0 unspecified atom stereocenters. The van der Waals surface area contributed by atoms with E-state index in [0.717, 1.165) is 0 Å². The van der Waals surface area contributed by atoms with Gasteiger partial charge in [0.05, 0.1) is 18.2 Å². The molecule has 0 atom stereocenters. The summed E-state index contributed by atoms with van der Waals surface area (Å²) in [6, 6.07) is 10.7. The van der Waals surface area contributed by atoms with Crippen LogP contribution in [0.4, 0.5) is 0 Å². The third kappa shape index (κ3) is 4.57. The summed E-state index contributed by atoms with van der Waals surface area (Å²) in [5.74, 6) is -1.95. The second kappa shape index (κ2) is 7.96. The van der Waals surface area contributed by atoms with Gasteiger partial charge in [-0.15, -0.1) is 0 Å². The van der Waals surface area contributed by atoms with Crippen molar-refractivity contribution in [2.24, 2.45) is 0 Å². The molecule has 0 fully saturated rings. The normalized spacial score (nSPS) is 10.0. The summed E-state index contributed by atoms with van der Waals surface area (Å²) < 4.78 is 9.88. The lowest BCUT2D eigenvalue weighted by atomic mass is 10.1. The predicted octanol–water partition coefficient (Wildman–Crippen LogP) is 1.82. The number of para-hydroxylation sites is 1. The number of ether oxygens (including phenoxy) is 2. The molecular weight excluding hydrogens is 326 g/mol. The Bertz CT molecular complexity index is 815. The fourth-order valence-corrected chi connectivity index (χ4v) is 2.01. The Balaban J connectivity index is 1.93. The number of benzene rings is 2. The van der Waals surface area contributed by atoms with Crippen LogP contribution < -0.4 is 10.1 Å². The SMILES string of the molecule is COc1ccccc1C(=O)NC(=O)COC(=O)c1ccc(C)c(O)c1. The highest BCUT2D eigenvalue weighted by Gasteiger charge is 2.16. The zero-order valence-electron chi connectivity index (χ0n) is 13.7. The Morgan fingerprint density at radius 2 is 1.84 bits per heavy atom. The standard InChI is InChI=1S/C18H17NO6/c1-11-7-8-12(9-14(11)20)18(23)25-10-16(21)19-17(22)13-5-3-4-6-15(13)24-2/h3-9,20H,10H2,1-2H3,(H,19,21,22). The van der Waals surface area contributed by atoms with Gasteiger partial charge in [-0.25, -0.2) is 4.79 Å². The number of phenols is 1. The van der Waals surface area contributed by atoms with Gasteiger partial charge in [0, 0.05) is 0 Å². The van der Waals surface area contributed by atoms with Gasteiger partial charge in [-0.1, -0.05) is 18.2 Å². The first-order valence-corrected chi connectivity index (χ1v) is 7.36. The maximum atomic E-state index is 12.0. The predicted molar refractivity (Wildman–Crippen MR) is 88.6 cm³/mol. The van der Waals surface area contributed by atoms with Gasteiger partial charge < -0.3 is 14.6 Å². The van der Waals surface area contributed by atoms with Crippen LogP contribution >= 0.6 is 0 Å². The van der Waals surface area contributed by atoms with Crippen LogP contribution in [0.3, 0.4) is 0 Å². The molecule has 0 aliphatic rings. The first kappa shape index (κ1) is 18.0. The van der Waals surface area contributed by atoms with E-state index in [1.54, 1.807) is 31.2 Å². The van der Waals surface area contributed by atoms with Crippen LogP contribution in [-0.2, 0) is 9.53 Å². The maximum Gasteiger partial charge on any atom is 0.338 e. The summed E-state index contributed by atoms with van der Waals surface area (Å²) in [7, 11) is 1.41. The van der Waals surface area contributed by atoms with E-state index in [9.17, 15) is 19.5 Å². The third-order valence-corrected chi connectivity index (χ3v) is 3.38. The number of methoxy groups -OCH3 is 1. The summed E-state index contributed by atoms with van der Waals surface area (Å²) in [5.41, 5.74) is 0.900. The molecule has 0 radical (unpaired) electrons. The third-order valence-electron chi connectivity index (χ3n) is 3.38. The number of aryl methyl sites for hydroxylation is 1. The number of esters is 1. The monoisotopic (exact) mass is 343 g/mol. The second-order valence-electron chi connectivity index (χ2n) is 5.15. The van der Waals surface area contributed by atoms with Gasteiger partial charge in [0.2, 0.25) is 0 Å². The number of amides is 2. The average molecular weight is 343 g/mol. The quantitative estimate of drug-likeness (QED) is 0.803. The lowest BCUT2D eigenvalue weighted by Gasteiger charge is -2.09. The first-order chi connectivity index (χ1) is 11.9. The van der Waals surface area contributed by atoms with Gasteiger partial charge in [-0.05, 0) is 36.8 Å². The zero-order chi connectivity index (χ0) is 18.4. The number of nitrogens with one attached hydrogen (secondary N) is 1. The van der Waals surface area contributed by atoms with Crippen molar-refractivity contribution in [3.8, 4) is 11.5 Å². The molecule has 2 rings (SSSR count). The largest absolute Gasteiger partial charge is 0.508 e. The van der Waals surface area contributed by atoms with Crippen LogP contribution in [0.5, 0.6) is 11.5 Å². The molecule has 0 bridgehead atoms. The van der Waals surface area contributed by atoms with Crippen molar-refractivity contribution in [1.29, 1.82) is 0 Å². The van der Waals surface area contributed by atoms with Crippen molar-refractivity contribution in [3.63, 3.8) is 0 Å². The van der Waals surface area contributed by atoms with Crippen LogP contribution in [0.25, 0.3) is 0 Å². The fraction of sp³-hybridized carbons (Fsp3) is 0.167. The highest BCUT2D eigenvalue weighted by molar-refractivity contribution is 6.07. The summed E-state index contributed by atoms with van der Waals surface area (Å²) in [6.07, 6.45) is 0. The van der Waals surface area contributed by atoms with Crippen LogP contribution in [-0.4, -0.2) is 36.6 Å². The van der Waals surface area contributed by atoms with E-state index < -0.39 is 24.4 Å². The number of carbonyl (C=O) groups is 3. The topological polar surface area (TPSA) is 102 Å². The van der Waals surface area contributed by atoms with Crippen LogP contribution in [0.2, 0.25) is 0 Å². The number of carbonyl (C=O) groups excluding carboxylic acids is 3. The maximum absolute atomic E-state index is 12.0. The Morgan fingerprint density at radius 1 is 1.12 bits per heavy atom. The molecule has 2 amide bonds. The Labute approximate surface area is 144 Å². The molecule has 2 aromatic rings. The number of rotatable bonds is 5. The van der Waals surface area contributed by atoms with Crippen molar-refractivity contribution in [2.75, 3.05) is 13.7 Å². The highest BCUT2D eigenvalue weighted by Crippen LogP contribution is 2.18. The summed E-state index contributed by atoms with van der Waals surface area (Å²) in [5, 5.41) is 11.7. The van der Waals surface area contributed by atoms with Gasteiger partial charge >= 0.3 is 5.97 Å². The highest BCUT2D eigenvalue weighted by atomic mass is 16.5. The molecule has 7 heteroatoms. The smallest absolute Gasteiger partial charge is 0.338 e. The van der Waals surface area contributed by atoms with Gasteiger partial charge in [0.15, 0.2) is 6.61 Å². The molecule has 130 valence electrons. The minimum atomic E-state index is -0.782. The second-order valence-corrected chi connectivity index (χ2v) is 5.15. The van der Waals surface area contributed by atoms with E-state index in [0.29, 0.717) is 11.3 Å². The average Bonchev–Trinajstić information content (AvgIpc) is 2.61. The van der Waals surface area contributed by atoms with Gasteiger partial charge in [-0.2, -0.15) is 0 Å². The van der Waals surface area contributed by atoms with E-state index >= 15 is 0 Å². The van der Waals surface area contributed by atoms with Crippen molar-refractivity contribution < 1.29 is 29.0 Å². The fourth-order valence-electron chi connectivity index (χ4n) is 2.01. The zero-order valence-corrected chi connectivity index (χ0v) is 13.7. The van der Waals surface area contributed by atoms with Crippen molar-refractivity contribution in [2.45, 2.75) is 6.92 Å². The van der Waals surface area contributed by atoms with E-state index in [2.05, 4.69) is 5.32 Å². The van der Waals surface area contributed by atoms with Crippen LogP contribution in [0.1, 0.15) is 26.3 Å². The Kier molecular flexibility index (Phi) is 5.73. The molecule has 0 spiro atoms. The number of hydrogen-bond donors (Lipinski definition) is 2. The molecule has 0 aliphatic carbocycles. The molecule has 7 nitrogen and oxygen atoms in total. The number of phenolic OH excluding ortho intramolecular Hbond substituents is 1. The lowest BCUT2D eigenvalue weighted by molar-refractivity contribution is -0.123. The van der Waals surface area contributed by atoms with Crippen molar-refractivity contribution in [1.82, 2.24) is 5.32 Å². The number of hydrogen-bond acceptors (Lipinski definition) is 6. The summed E-state index contributed by atoms with van der Waals surface area (Å²) >= 11 is 0. The molecular formula is C18H17NO6. The van der Waals surface area contributed by atoms with Crippen molar-refractivity contribution >= 4 is 17.8 Å². The van der Waals surface area contributed by atoms with Gasteiger partial charge in [-0.3, -0.25) is 14.9 Å². The van der Waals surface area contributed by atoms with Gasteiger partial charge in [0.1, 0.15) is 11.5 Å². The lowest BCUT2D eigenvalue weighted by Crippen LogP contribution is -2.34. The van der Waals surface area contributed by atoms with E-state index in [4.69, 9.17) is 9.47 Å². The molecule has 0 aliphatic heterocycles. The van der Waals surface area contributed by atoms with Gasteiger partial charge in [0.25, 0.3) is 11.8 Å². The molecule has 2 N–H and O–H groups in total. The Hall–Kier alpha value is -3.35. The van der Waals surface area contributed by atoms with E-state index in [1.165, 1.54) is 25.3 Å². The Morgan fingerprint density at radius 3 is 2.52 bits per heavy atom. The number of imide groups is 1. The molecule has 0 saturated heterocycles. The van der Waals surface area contributed by atoms with Crippen LogP contribution in [0, 0.1) is 6.92 Å². The molecule has 0 aromatic heterocycles. The summed E-state index contributed by atoms with van der Waals surface area (Å²) in [6.45, 7) is 1.05. The minimum absolute atomic E-state index is 0.0507.